The predicted octanol–water partition coefficient (Wildman–Crippen LogP) is 6.54. The molecule has 32 heavy (non-hydrogen) atoms. The zero-order chi connectivity index (χ0) is 22.2. The van der Waals surface area contributed by atoms with E-state index in [9.17, 15) is 0 Å². The number of aromatic nitrogens is 4. The van der Waals surface area contributed by atoms with Gasteiger partial charge in [-0.05, 0) is 72.9 Å². The van der Waals surface area contributed by atoms with Gasteiger partial charge in [0, 0.05) is 0 Å². The molecule has 0 fully saturated rings. The number of fused-ring (bicyclic) bond motifs is 2. The third kappa shape index (κ3) is 3.71. The lowest BCUT2D eigenvalue weighted by molar-refractivity contribution is 0.717. The molecular formula is C26H26N4S2. The average molecular weight is 459 g/mol. The van der Waals surface area contributed by atoms with Gasteiger partial charge in [-0.1, -0.05) is 59.9 Å². The Balaban J connectivity index is 1.52. The van der Waals surface area contributed by atoms with Crippen molar-refractivity contribution >= 4 is 45.6 Å². The minimum absolute atomic E-state index is 0.827. The van der Waals surface area contributed by atoms with Crippen molar-refractivity contribution in [3.63, 3.8) is 0 Å². The van der Waals surface area contributed by atoms with Crippen LogP contribution in [-0.2, 0) is 13.1 Å². The normalized spacial score (nSPS) is 11.6. The second kappa shape index (κ2) is 8.68. The molecule has 5 rings (SSSR count). The van der Waals surface area contributed by atoms with Crippen LogP contribution in [0.25, 0.3) is 22.1 Å². The molecule has 0 aliphatic carbocycles. The van der Waals surface area contributed by atoms with Crippen molar-refractivity contribution in [2.75, 3.05) is 12.5 Å². The van der Waals surface area contributed by atoms with Crippen LogP contribution in [0.15, 0.2) is 71.0 Å². The summed E-state index contributed by atoms with van der Waals surface area (Å²) in [4.78, 5) is 9.62. The summed E-state index contributed by atoms with van der Waals surface area (Å²) in [6, 6.07) is 21.5. The van der Waals surface area contributed by atoms with Gasteiger partial charge < -0.3 is 9.13 Å². The van der Waals surface area contributed by atoms with Gasteiger partial charge in [0.15, 0.2) is 10.3 Å². The van der Waals surface area contributed by atoms with Crippen LogP contribution in [0.3, 0.4) is 0 Å². The Bertz CT molecular complexity index is 1320. The lowest BCUT2D eigenvalue weighted by Gasteiger charge is -2.16. The fraction of sp³-hybridized carbons (Fsp3) is 0.231. The molecule has 3 aromatic carbocycles. The lowest BCUT2D eigenvalue weighted by atomic mass is 9.99. The molecule has 0 amide bonds. The maximum absolute atomic E-state index is 4.81. The molecule has 0 saturated carbocycles. The summed E-state index contributed by atoms with van der Waals surface area (Å²) in [6.07, 6.45) is 4.19. The van der Waals surface area contributed by atoms with Gasteiger partial charge >= 0.3 is 0 Å². The van der Waals surface area contributed by atoms with Crippen molar-refractivity contribution in [3.8, 4) is 0 Å². The van der Waals surface area contributed by atoms with E-state index in [1.807, 2.05) is 0 Å². The fourth-order valence-electron chi connectivity index (χ4n) is 4.34. The largest absolute Gasteiger partial charge is 0.314 e. The standard InChI is InChI=1S/C26H26N4S2/c1-17-13-20(16-30-24-12-8-6-10-22(24)28-26(30)32-4)18(2)14-19(17)15-29-23-11-7-5-9-21(23)27-25(29)31-3/h5-14H,15-16H2,1-4H3. The average Bonchev–Trinajstić information content (AvgIpc) is 3.35. The minimum Gasteiger partial charge on any atom is -0.314 e. The SMILES string of the molecule is CSc1nc2ccccc2n1Cc1cc(C)c(Cn2c(SC)nc3ccccc32)cc1C. The molecule has 0 N–H and O–H groups in total. The van der Waals surface area contributed by atoms with Crippen LogP contribution >= 0.6 is 23.5 Å². The number of aryl methyl sites for hydroxylation is 2. The molecule has 6 heteroatoms. The fourth-order valence-corrected chi connectivity index (χ4v) is 5.49. The predicted molar refractivity (Wildman–Crippen MR) is 137 cm³/mol. The quantitative estimate of drug-likeness (QED) is 0.271. The number of thioether (sulfide) groups is 2. The molecule has 0 atom stereocenters. The van der Waals surface area contributed by atoms with Crippen LogP contribution in [0.5, 0.6) is 0 Å². The first-order chi connectivity index (χ1) is 15.6. The number of nitrogens with zero attached hydrogens (tertiary/aromatic N) is 4. The summed E-state index contributed by atoms with van der Waals surface area (Å²) in [5.74, 6) is 0. The van der Waals surface area contributed by atoms with E-state index in [1.165, 1.54) is 33.3 Å². The third-order valence-corrected chi connectivity index (χ3v) is 7.41. The van der Waals surface area contributed by atoms with Crippen molar-refractivity contribution in [1.29, 1.82) is 0 Å². The Morgan fingerprint density at radius 3 is 1.47 bits per heavy atom. The smallest absolute Gasteiger partial charge is 0.169 e. The summed E-state index contributed by atoms with van der Waals surface area (Å²) >= 11 is 3.40. The van der Waals surface area contributed by atoms with Gasteiger partial charge in [0.2, 0.25) is 0 Å². The number of imidazole rings is 2. The molecule has 0 aliphatic heterocycles. The van der Waals surface area contributed by atoms with Crippen molar-refractivity contribution < 1.29 is 0 Å². The Labute approximate surface area is 197 Å². The monoisotopic (exact) mass is 458 g/mol. The first-order valence-electron chi connectivity index (χ1n) is 10.7. The molecule has 2 aromatic heterocycles. The molecule has 2 heterocycles. The van der Waals surface area contributed by atoms with Crippen LogP contribution in [-0.4, -0.2) is 31.6 Å². The van der Waals surface area contributed by atoms with E-state index < -0.39 is 0 Å². The molecule has 0 aliphatic rings. The van der Waals surface area contributed by atoms with Crippen molar-refractivity contribution in [3.05, 3.63) is 82.9 Å². The number of rotatable bonds is 6. The summed E-state index contributed by atoms with van der Waals surface area (Å²) in [5.41, 5.74) is 9.78. The number of hydrogen-bond donors (Lipinski definition) is 0. The van der Waals surface area contributed by atoms with Crippen LogP contribution in [0.2, 0.25) is 0 Å². The summed E-state index contributed by atoms with van der Waals surface area (Å²) in [5, 5.41) is 2.11. The summed E-state index contributed by atoms with van der Waals surface area (Å²) in [7, 11) is 0. The van der Waals surface area contributed by atoms with Gasteiger partial charge in [-0.3, -0.25) is 0 Å². The van der Waals surface area contributed by atoms with E-state index in [-0.39, 0.29) is 0 Å². The number of hydrogen-bond acceptors (Lipinski definition) is 4. The van der Waals surface area contributed by atoms with Crippen molar-refractivity contribution in [1.82, 2.24) is 19.1 Å². The first kappa shape index (κ1) is 21.2. The summed E-state index contributed by atoms with van der Waals surface area (Å²) < 4.78 is 4.66. The molecule has 0 bridgehead atoms. The zero-order valence-corrected chi connectivity index (χ0v) is 20.4. The zero-order valence-electron chi connectivity index (χ0n) is 18.8. The molecule has 0 spiro atoms. The molecule has 162 valence electrons. The second-order valence-corrected chi connectivity index (χ2v) is 9.60. The van der Waals surface area contributed by atoms with Gasteiger partial charge in [-0.2, -0.15) is 0 Å². The first-order valence-corrected chi connectivity index (χ1v) is 13.1. The topological polar surface area (TPSA) is 35.6 Å². The van der Waals surface area contributed by atoms with E-state index in [4.69, 9.17) is 9.97 Å². The van der Waals surface area contributed by atoms with Gasteiger partial charge in [0.05, 0.1) is 35.2 Å². The van der Waals surface area contributed by atoms with E-state index in [2.05, 4.69) is 96.2 Å². The van der Waals surface area contributed by atoms with Crippen LogP contribution in [0, 0.1) is 13.8 Å². The Kier molecular flexibility index (Phi) is 5.74. The van der Waals surface area contributed by atoms with Crippen LogP contribution < -0.4 is 0 Å². The highest BCUT2D eigenvalue weighted by Crippen LogP contribution is 2.28. The van der Waals surface area contributed by atoms with Gasteiger partial charge in [-0.25, -0.2) is 9.97 Å². The van der Waals surface area contributed by atoms with E-state index in [0.717, 1.165) is 34.4 Å². The number of para-hydroxylation sites is 4. The third-order valence-electron chi connectivity index (χ3n) is 6.06. The van der Waals surface area contributed by atoms with Crippen molar-refractivity contribution in [2.24, 2.45) is 0 Å². The van der Waals surface area contributed by atoms with Crippen LogP contribution in [0.1, 0.15) is 22.3 Å². The molecular weight excluding hydrogens is 432 g/mol. The van der Waals surface area contributed by atoms with Crippen molar-refractivity contribution in [2.45, 2.75) is 37.2 Å². The number of benzene rings is 3. The molecule has 4 nitrogen and oxygen atoms in total. The Hall–Kier alpha value is -2.70. The molecule has 0 radical (unpaired) electrons. The molecule has 0 unspecified atom stereocenters. The molecule has 5 aromatic rings. The molecule has 0 saturated heterocycles. The van der Waals surface area contributed by atoms with Gasteiger partial charge in [-0.15, -0.1) is 0 Å². The lowest BCUT2D eigenvalue weighted by Crippen LogP contribution is -2.07. The second-order valence-electron chi connectivity index (χ2n) is 8.05. The van der Waals surface area contributed by atoms with E-state index in [0.29, 0.717) is 0 Å². The van der Waals surface area contributed by atoms with Crippen LogP contribution in [0.4, 0.5) is 0 Å². The maximum Gasteiger partial charge on any atom is 0.169 e. The Morgan fingerprint density at radius 1 is 0.656 bits per heavy atom. The van der Waals surface area contributed by atoms with E-state index >= 15 is 0 Å². The highest BCUT2D eigenvalue weighted by molar-refractivity contribution is 7.98. The van der Waals surface area contributed by atoms with E-state index in [1.54, 1.807) is 23.5 Å². The minimum atomic E-state index is 0.827. The van der Waals surface area contributed by atoms with Gasteiger partial charge in [0.1, 0.15) is 0 Å². The van der Waals surface area contributed by atoms with Gasteiger partial charge in [0.25, 0.3) is 0 Å². The Morgan fingerprint density at radius 2 is 1.06 bits per heavy atom. The highest BCUT2D eigenvalue weighted by atomic mass is 32.2. The maximum atomic E-state index is 4.81. The summed E-state index contributed by atoms with van der Waals surface area (Å²) in [6.45, 7) is 6.09. The highest BCUT2D eigenvalue weighted by Gasteiger charge is 2.15.